The number of carbonyl (C=O) groups excluding carboxylic acids is 1. The van der Waals surface area contributed by atoms with Gasteiger partial charge < -0.3 is 15.2 Å². The van der Waals surface area contributed by atoms with E-state index in [-0.39, 0.29) is 30.2 Å². The van der Waals surface area contributed by atoms with Crippen LogP contribution in [0.1, 0.15) is 64.2 Å². The Hall–Kier alpha value is -3.34. The number of nitrogens with one attached hydrogen (secondary N) is 1. The lowest BCUT2D eigenvalue weighted by molar-refractivity contribution is -0.137. The average Bonchev–Trinajstić information content (AvgIpc) is 2.82. The summed E-state index contributed by atoms with van der Waals surface area (Å²) in [7, 11) is 0. The van der Waals surface area contributed by atoms with Crippen molar-refractivity contribution in [2.45, 2.75) is 72.8 Å². The van der Waals surface area contributed by atoms with Crippen LogP contribution < -0.4 is 10.1 Å². The van der Waals surface area contributed by atoms with Crippen LogP contribution in [0.25, 0.3) is 11.1 Å². The van der Waals surface area contributed by atoms with Crippen molar-refractivity contribution in [2.24, 2.45) is 11.3 Å². The molecule has 2 aromatic rings. The second-order valence-corrected chi connectivity index (χ2v) is 11.5. The molecule has 0 aromatic heterocycles. The van der Waals surface area contributed by atoms with E-state index in [1.165, 1.54) is 16.7 Å². The molecule has 2 atom stereocenters. The maximum atomic E-state index is 13.4. The van der Waals surface area contributed by atoms with E-state index in [0.29, 0.717) is 6.42 Å². The first-order chi connectivity index (χ1) is 17.3. The van der Waals surface area contributed by atoms with E-state index in [9.17, 15) is 9.59 Å². The summed E-state index contributed by atoms with van der Waals surface area (Å²) in [6, 6.07) is 12.9. The number of rotatable bonds is 9. The van der Waals surface area contributed by atoms with E-state index in [4.69, 9.17) is 9.84 Å². The lowest BCUT2D eigenvalue weighted by Gasteiger charge is -2.40. The Kier molecular flexibility index (Phi) is 8.68. The molecule has 2 aromatic carbocycles. The lowest BCUT2D eigenvalue weighted by Crippen LogP contribution is -2.52. The monoisotopic (exact) mass is 503 g/mol. The normalized spacial score (nSPS) is 18.1. The van der Waals surface area contributed by atoms with Gasteiger partial charge in [-0.15, -0.1) is 0 Å². The Bertz CT molecular complexity index is 1160. The lowest BCUT2D eigenvalue weighted by atomic mass is 9.71. The Morgan fingerprint density at radius 3 is 2.16 bits per heavy atom. The first kappa shape index (κ1) is 28.2. The SMILES string of the molecule is Cc1cc(OC(C(C)C)C2(C(=O)NCCC(=O)O)C=CC=CC2)cc(C)c1-c1ccc(C(C)(C)C)cc1. The Morgan fingerprint density at radius 2 is 1.68 bits per heavy atom. The second-order valence-electron chi connectivity index (χ2n) is 11.5. The predicted octanol–water partition coefficient (Wildman–Crippen LogP) is 6.76. The summed E-state index contributed by atoms with van der Waals surface area (Å²) in [4.78, 5) is 24.4. The molecule has 0 spiro atoms. The highest BCUT2D eigenvalue weighted by atomic mass is 16.5. The third kappa shape index (κ3) is 6.51. The molecule has 0 saturated carbocycles. The molecule has 0 bridgehead atoms. The molecule has 0 heterocycles. The highest BCUT2D eigenvalue weighted by molar-refractivity contribution is 5.86. The van der Waals surface area contributed by atoms with Crippen LogP contribution in [0, 0.1) is 25.2 Å². The van der Waals surface area contributed by atoms with E-state index in [1.54, 1.807) is 0 Å². The quantitative estimate of drug-likeness (QED) is 0.396. The van der Waals surface area contributed by atoms with Crippen LogP contribution in [0.4, 0.5) is 0 Å². The summed E-state index contributed by atoms with van der Waals surface area (Å²) < 4.78 is 6.62. The van der Waals surface area contributed by atoms with E-state index in [0.717, 1.165) is 16.9 Å². The highest BCUT2D eigenvalue weighted by Crippen LogP contribution is 2.40. The zero-order valence-corrected chi connectivity index (χ0v) is 23.2. The van der Waals surface area contributed by atoms with Gasteiger partial charge >= 0.3 is 5.97 Å². The summed E-state index contributed by atoms with van der Waals surface area (Å²) in [5, 5.41) is 11.8. The first-order valence-corrected chi connectivity index (χ1v) is 13.1. The number of carboxylic acids is 1. The van der Waals surface area contributed by atoms with E-state index in [1.807, 2.05) is 50.3 Å². The summed E-state index contributed by atoms with van der Waals surface area (Å²) >= 11 is 0. The van der Waals surface area contributed by atoms with Gasteiger partial charge in [-0.25, -0.2) is 0 Å². The number of amides is 1. The topological polar surface area (TPSA) is 75.6 Å². The average molecular weight is 504 g/mol. The molecule has 0 fully saturated rings. The molecule has 1 aliphatic carbocycles. The van der Waals surface area contributed by atoms with Crippen LogP contribution in [0.2, 0.25) is 0 Å². The smallest absolute Gasteiger partial charge is 0.305 e. The number of ether oxygens (including phenoxy) is 1. The van der Waals surface area contributed by atoms with Crippen molar-refractivity contribution in [2.75, 3.05) is 6.54 Å². The highest BCUT2D eigenvalue weighted by Gasteiger charge is 2.46. The van der Waals surface area contributed by atoms with Gasteiger partial charge in [0.25, 0.3) is 0 Å². The van der Waals surface area contributed by atoms with E-state index >= 15 is 0 Å². The van der Waals surface area contributed by atoms with Gasteiger partial charge in [-0.3, -0.25) is 9.59 Å². The van der Waals surface area contributed by atoms with Gasteiger partial charge in [0.05, 0.1) is 6.42 Å². The largest absolute Gasteiger partial charge is 0.489 e. The van der Waals surface area contributed by atoms with Crippen molar-refractivity contribution in [3.63, 3.8) is 0 Å². The van der Waals surface area contributed by atoms with E-state index < -0.39 is 17.5 Å². The van der Waals surface area contributed by atoms with Crippen molar-refractivity contribution in [3.05, 3.63) is 77.4 Å². The van der Waals surface area contributed by atoms with Gasteiger partial charge in [-0.2, -0.15) is 0 Å². The van der Waals surface area contributed by atoms with Gasteiger partial charge in [0.15, 0.2) is 0 Å². The summed E-state index contributed by atoms with van der Waals surface area (Å²) in [5.41, 5.74) is 5.06. The van der Waals surface area contributed by atoms with Crippen molar-refractivity contribution >= 4 is 11.9 Å². The fourth-order valence-electron chi connectivity index (χ4n) is 5.16. The summed E-state index contributed by atoms with van der Waals surface area (Å²) in [6.45, 7) is 15.0. The molecule has 5 heteroatoms. The van der Waals surface area contributed by atoms with Crippen LogP contribution in [-0.2, 0) is 15.0 Å². The summed E-state index contributed by atoms with van der Waals surface area (Å²) in [5.74, 6) is -0.391. The molecule has 1 aliphatic rings. The number of allylic oxidation sites excluding steroid dienone is 3. The first-order valence-electron chi connectivity index (χ1n) is 13.1. The number of benzene rings is 2. The van der Waals surface area contributed by atoms with Crippen molar-refractivity contribution < 1.29 is 19.4 Å². The number of hydrogen-bond donors (Lipinski definition) is 2. The molecule has 0 aliphatic heterocycles. The predicted molar refractivity (Wildman–Crippen MR) is 150 cm³/mol. The minimum atomic E-state index is -0.941. The molecular weight excluding hydrogens is 462 g/mol. The van der Waals surface area contributed by atoms with Crippen LogP contribution in [0.5, 0.6) is 5.75 Å². The van der Waals surface area contributed by atoms with Gasteiger partial charge in [0.2, 0.25) is 5.91 Å². The molecule has 0 saturated heterocycles. The minimum absolute atomic E-state index is 0.0339. The minimum Gasteiger partial charge on any atom is -0.489 e. The zero-order chi connectivity index (χ0) is 27.4. The summed E-state index contributed by atoms with van der Waals surface area (Å²) in [6.07, 6.45) is 7.60. The molecular formula is C32H41NO4. The maximum absolute atomic E-state index is 13.4. The molecule has 37 heavy (non-hydrogen) atoms. The molecule has 3 rings (SSSR count). The number of aryl methyl sites for hydroxylation is 2. The Labute approximate surface area is 221 Å². The van der Waals surface area contributed by atoms with Crippen molar-refractivity contribution in [3.8, 4) is 16.9 Å². The molecule has 5 nitrogen and oxygen atoms in total. The van der Waals surface area contributed by atoms with Gasteiger partial charge in [0.1, 0.15) is 17.3 Å². The third-order valence-corrected chi connectivity index (χ3v) is 7.07. The van der Waals surface area contributed by atoms with Gasteiger partial charge in [-0.05, 0) is 71.6 Å². The van der Waals surface area contributed by atoms with Crippen LogP contribution >= 0.6 is 0 Å². The fourth-order valence-corrected chi connectivity index (χ4v) is 5.16. The molecule has 2 N–H and O–H groups in total. The second kappa shape index (κ2) is 11.4. The molecule has 198 valence electrons. The van der Waals surface area contributed by atoms with Crippen LogP contribution in [0.3, 0.4) is 0 Å². The van der Waals surface area contributed by atoms with Crippen LogP contribution in [-0.4, -0.2) is 29.6 Å². The molecule has 0 radical (unpaired) electrons. The van der Waals surface area contributed by atoms with Gasteiger partial charge in [0, 0.05) is 6.54 Å². The Morgan fingerprint density at radius 1 is 1.05 bits per heavy atom. The number of carboxylic acid groups (broad SMARTS) is 1. The van der Waals surface area contributed by atoms with Gasteiger partial charge in [-0.1, -0.05) is 83.2 Å². The Balaban J connectivity index is 1.92. The zero-order valence-electron chi connectivity index (χ0n) is 23.2. The van der Waals surface area contributed by atoms with Crippen molar-refractivity contribution in [1.82, 2.24) is 5.32 Å². The standard InChI is InChI=1S/C32H41NO4/c1-21(2)29(32(16-9-8-10-17-32)30(36)33-18-15-27(34)35)37-26-19-22(3)28(23(4)20-26)24-11-13-25(14-12-24)31(5,6)7/h8-14,16,19-21,29H,15,17-18H2,1-7H3,(H,33,36)(H,34,35). The van der Waals surface area contributed by atoms with Crippen molar-refractivity contribution in [1.29, 1.82) is 0 Å². The number of carbonyl (C=O) groups is 2. The number of hydrogen-bond acceptors (Lipinski definition) is 3. The fraction of sp³-hybridized carbons (Fsp3) is 0.438. The third-order valence-electron chi connectivity index (χ3n) is 7.07. The number of aliphatic carboxylic acids is 1. The maximum Gasteiger partial charge on any atom is 0.305 e. The molecule has 1 amide bonds. The van der Waals surface area contributed by atoms with Crippen LogP contribution in [0.15, 0.2) is 60.7 Å². The van der Waals surface area contributed by atoms with E-state index in [2.05, 4.69) is 64.2 Å². The molecule has 2 unspecified atom stereocenters.